The molecule has 0 spiro atoms. The summed E-state index contributed by atoms with van der Waals surface area (Å²) in [6.07, 6.45) is 0. The molecule has 0 amide bonds. The molecular weight excluding hydrogens is 308 g/mol. The van der Waals surface area contributed by atoms with Crippen molar-refractivity contribution in [3.8, 4) is 17.6 Å². The number of hydrogen-bond acceptors (Lipinski definition) is 4. The van der Waals surface area contributed by atoms with Crippen molar-refractivity contribution >= 4 is 15.9 Å². The van der Waals surface area contributed by atoms with Gasteiger partial charge in [-0.05, 0) is 46.1 Å². The fraction of sp³-hybridized carbons (Fsp3) is 0.500. The van der Waals surface area contributed by atoms with Gasteiger partial charge in [-0.3, -0.25) is 5.32 Å². The van der Waals surface area contributed by atoms with Crippen molar-refractivity contribution in [3.05, 3.63) is 22.2 Å². The van der Waals surface area contributed by atoms with Crippen LogP contribution in [0.15, 0.2) is 16.6 Å². The van der Waals surface area contributed by atoms with Gasteiger partial charge in [-0.1, -0.05) is 13.8 Å². The van der Waals surface area contributed by atoms with Crippen LogP contribution in [0.5, 0.6) is 11.5 Å². The smallest absolute Gasteiger partial charge is 0.175 e. The Morgan fingerprint density at radius 1 is 1.37 bits per heavy atom. The van der Waals surface area contributed by atoms with Crippen LogP contribution in [-0.4, -0.2) is 19.8 Å². The number of nitrogens with one attached hydrogen (secondary N) is 1. The van der Waals surface area contributed by atoms with Crippen LogP contribution in [0.25, 0.3) is 0 Å². The van der Waals surface area contributed by atoms with E-state index in [1.54, 1.807) is 0 Å². The van der Waals surface area contributed by atoms with Crippen LogP contribution in [-0.2, 0) is 0 Å². The zero-order valence-corrected chi connectivity index (χ0v) is 12.7. The summed E-state index contributed by atoms with van der Waals surface area (Å²) >= 11 is 3.47. The zero-order chi connectivity index (χ0) is 13.8. The molecule has 0 bridgehead atoms. The Morgan fingerprint density at radius 2 is 2.11 bits per heavy atom. The Hall–Kier alpha value is -1.25. The number of ether oxygens (including phenoxy) is 2. The maximum Gasteiger partial charge on any atom is 0.175 e. The molecule has 1 heterocycles. The highest BCUT2D eigenvalue weighted by atomic mass is 79.9. The highest BCUT2D eigenvalue weighted by Crippen LogP contribution is 2.39. The van der Waals surface area contributed by atoms with Gasteiger partial charge in [0.15, 0.2) is 11.5 Å². The van der Waals surface area contributed by atoms with E-state index in [-0.39, 0.29) is 6.04 Å². The third kappa shape index (κ3) is 3.40. The van der Waals surface area contributed by atoms with Gasteiger partial charge in [0, 0.05) is 0 Å². The first-order chi connectivity index (χ1) is 9.11. The Labute approximate surface area is 121 Å². The Balaban J connectivity index is 2.24. The van der Waals surface area contributed by atoms with Gasteiger partial charge in [0.1, 0.15) is 19.3 Å². The molecule has 1 N–H and O–H groups in total. The molecule has 0 radical (unpaired) electrons. The van der Waals surface area contributed by atoms with Crippen LogP contribution in [0.1, 0.15) is 25.5 Å². The second kappa shape index (κ2) is 6.27. The monoisotopic (exact) mass is 324 g/mol. The van der Waals surface area contributed by atoms with Crippen LogP contribution in [0.4, 0.5) is 0 Å². The summed E-state index contributed by atoms with van der Waals surface area (Å²) in [5, 5.41) is 12.5. The summed E-state index contributed by atoms with van der Waals surface area (Å²) < 4.78 is 11.9. The molecule has 1 aromatic carbocycles. The number of rotatable bonds is 4. The Kier molecular flexibility index (Phi) is 4.67. The fourth-order valence-electron chi connectivity index (χ4n) is 1.89. The average Bonchev–Trinajstić information content (AvgIpc) is 2.39. The molecule has 102 valence electrons. The molecule has 0 saturated carbocycles. The van der Waals surface area contributed by atoms with Crippen molar-refractivity contribution in [2.24, 2.45) is 5.92 Å². The van der Waals surface area contributed by atoms with Crippen molar-refractivity contribution < 1.29 is 9.47 Å². The van der Waals surface area contributed by atoms with Crippen LogP contribution in [0.2, 0.25) is 0 Å². The summed E-state index contributed by atoms with van der Waals surface area (Å²) in [6, 6.07) is 5.73. The molecule has 1 unspecified atom stereocenters. The van der Waals surface area contributed by atoms with E-state index in [1.807, 2.05) is 12.1 Å². The predicted octanol–water partition coefficient (Wildman–Crippen LogP) is 3.03. The molecule has 4 nitrogen and oxygen atoms in total. The fourth-order valence-corrected chi connectivity index (χ4v) is 2.46. The van der Waals surface area contributed by atoms with E-state index in [0.29, 0.717) is 24.9 Å². The lowest BCUT2D eigenvalue weighted by atomic mass is 10.1. The van der Waals surface area contributed by atoms with E-state index >= 15 is 0 Å². The van der Waals surface area contributed by atoms with Crippen molar-refractivity contribution in [2.75, 3.05) is 19.8 Å². The normalized spacial score (nSPS) is 15.1. The topological polar surface area (TPSA) is 54.3 Å². The largest absolute Gasteiger partial charge is 0.486 e. The molecule has 0 aromatic heterocycles. The molecule has 5 heteroatoms. The molecular formula is C14H17BrN2O2. The van der Waals surface area contributed by atoms with Crippen LogP contribution in [0.3, 0.4) is 0 Å². The van der Waals surface area contributed by atoms with Crippen molar-refractivity contribution in [1.82, 2.24) is 5.32 Å². The summed E-state index contributed by atoms with van der Waals surface area (Å²) in [5.41, 5.74) is 0.888. The summed E-state index contributed by atoms with van der Waals surface area (Å²) in [4.78, 5) is 0. The summed E-state index contributed by atoms with van der Waals surface area (Å²) in [7, 11) is 0. The minimum atomic E-state index is -0.338. The van der Waals surface area contributed by atoms with E-state index in [9.17, 15) is 5.26 Å². The number of nitriles is 1. The third-order valence-corrected chi connectivity index (χ3v) is 3.40. The van der Waals surface area contributed by atoms with Gasteiger partial charge in [0.25, 0.3) is 0 Å². The second-order valence-corrected chi connectivity index (χ2v) is 5.75. The number of hydrogen-bond donors (Lipinski definition) is 1. The number of fused-ring (bicyclic) bond motifs is 1. The van der Waals surface area contributed by atoms with Gasteiger partial charge < -0.3 is 9.47 Å². The van der Waals surface area contributed by atoms with Crippen LogP contribution in [0, 0.1) is 17.2 Å². The first kappa shape index (κ1) is 14.2. The quantitative estimate of drug-likeness (QED) is 0.924. The molecule has 2 rings (SSSR count). The predicted molar refractivity (Wildman–Crippen MR) is 76.3 cm³/mol. The molecule has 1 aliphatic heterocycles. The lowest BCUT2D eigenvalue weighted by molar-refractivity contribution is 0.170. The van der Waals surface area contributed by atoms with Gasteiger partial charge in [-0.2, -0.15) is 5.26 Å². The molecule has 0 fully saturated rings. The van der Waals surface area contributed by atoms with E-state index in [2.05, 4.69) is 41.2 Å². The zero-order valence-electron chi connectivity index (χ0n) is 11.1. The summed E-state index contributed by atoms with van der Waals surface area (Å²) in [5.74, 6) is 1.91. The van der Waals surface area contributed by atoms with E-state index < -0.39 is 0 Å². The van der Waals surface area contributed by atoms with Gasteiger partial charge >= 0.3 is 0 Å². The number of nitrogens with zero attached hydrogens (tertiary/aromatic N) is 1. The molecule has 0 saturated heterocycles. The molecule has 1 aliphatic rings. The molecule has 19 heavy (non-hydrogen) atoms. The number of benzene rings is 1. The van der Waals surface area contributed by atoms with Gasteiger partial charge in [-0.25, -0.2) is 0 Å². The Bertz CT molecular complexity index is 497. The first-order valence-electron chi connectivity index (χ1n) is 6.34. The highest BCUT2D eigenvalue weighted by molar-refractivity contribution is 9.10. The molecule has 1 aromatic rings. The van der Waals surface area contributed by atoms with Crippen molar-refractivity contribution in [2.45, 2.75) is 19.9 Å². The molecule has 1 atom stereocenters. The maximum atomic E-state index is 9.29. The van der Waals surface area contributed by atoms with E-state index in [4.69, 9.17) is 9.47 Å². The van der Waals surface area contributed by atoms with Gasteiger partial charge in [0.05, 0.1) is 10.5 Å². The second-order valence-electron chi connectivity index (χ2n) is 4.89. The van der Waals surface area contributed by atoms with E-state index in [0.717, 1.165) is 22.3 Å². The lowest BCUT2D eigenvalue weighted by Crippen LogP contribution is -2.24. The van der Waals surface area contributed by atoms with E-state index in [1.165, 1.54) is 0 Å². The van der Waals surface area contributed by atoms with Crippen molar-refractivity contribution in [3.63, 3.8) is 0 Å². The minimum absolute atomic E-state index is 0.338. The minimum Gasteiger partial charge on any atom is -0.486 e. The highest BCUT2D eigenvalue weighted by Gasteiger charge is 2.20. The van der Waals surface area contributed by atoms with Gasteiger partial charge in [0.2, 0.25) is 0 Å². The standard InChI is InChI=1S/C14H17BrN2O2/c1-9(2)8-17-12(7-16)10-5-11(15)14-13(6-10)18-3-4-19-14/h5-6,9,12,17H,3-4,8H2,1-2H3. The number of halogens is 1. The average molecular weight is 325 g/mol. The Morgan fingerprint density at radius 3 is 2.79 bits per heavy atom. The summed E-state index contributed by atoms with van der Waals surface area (Å²) in [6.45, 7) is 6.12. The van der Waals surface area contributed by atoms with Crippen LogP contribution < -0.4 is 14.8 Å². The molecule has 0 aliphatic carbocycles. The SMILES string of the molecule is CC(C)CNC(C#N)c1cc(Br)c2c(c1)OCCO2. The first-order valence-corrected chi connectivity index (χ1v) is 7.13. The van der Waals surface area contributed by atoms with Crippen LogP contribution >= 0.6 is 15.9 Å². The van der Waals surface area contributed by atoms with Crippen molar-refractivity contribution in [1.29, 1.82) is 5.26 Å². The van der Waals surface area contributed by atoms with Gasteiger partial charge in [-0.15, -0.1) is 0 Å². The third-order valence-electron chi connectivity index (χ3n) is 2.81. The maximum absolute atomic E-state index is 9.29. The lowest BCUT2D eigenvalue weighted by Gasteiger charge is -2.22.